The number of nitriles is 1. The van der Waals surface area contributed by atoms with E-state index in [-0.39, 0.29) is 5.57 Å². The van der Waals surface area contributed by atoms with Crippen LogP contribution in [0, 0.1) is 11.3 Å². The summed E-state index contributed by atoms with van der Waals surface area (Å²) in [6.07, 6.45) is 3.03. The van der Waals surface area contributed by atoms with Gasteiger partial charge in [-0.15, -0.1) is 0 Å². The van der Waals surface area contributed by atoms with Gasteiger partial charge in [0.05, 0.1) is 12.0 Å². The topological polar surface area (TPSA) is 75.0 Å². The molecule has 0 aliphatic heterocycles. The van der Waals surface area contributed by atoms with Crippen LogP contribution in [-0.2, 0) is 9.53 Å². The van der Waals surface area contributed by atoms with Crippen LogP contribution in [0.3, 0.4) is 0 Å². The molecule has 0 amide bonds. The Hall–Kier alpha value is -2.65. The first-order valence-corrected chi connectivity index (χ1v) is 6.52. The molecule has 0 bridgehead atoms. The number of nitrogens with zero attached hydrogens (tertiary/aromatic N) is 2. The lowest BCUT2D eigenvalue weighted by molar-refractivity contribution is -0.135. The molecule has 0 atom stereocenters. The molecule has 0 aliphatic carbocycles. The number of thiazole rings is 1. The maximum Gasteiger partial charge on any atom is 0.350 e. The number of anilines is 1. The van der Waals surface area contributed by atoms with Gasteiger partial charge < -0.3 is 10.1 Å². The van der Waals surface area contributed by atoms with Gasteiger partial charge in [-0.1, -0.05) is 41.7 Å². The first-order chi connectivity index (χ1) is 9.74. The summed E-state index contributed by atoms with van der Waals surface area (Å²) in [4.78, 5) is 16.4. The van der Waals surface area contributed by atoms with Crippen LogP contribution in [0.4, 0.5) is 5.13 Å². The molecule has 6 heteroatoms. The Morgan fingerprint density at radius 1 is 1.45 bits per heavy atom. The summed E-state index contributed by atoms with van der Waals surface area (Å²) >= 11 is 1.43. The monoisotopic (exact) mass is 285 g/mol. The summed E-state index contributed by atoms with van der Waals surface area (Å²) in [6, 6.07) is 11.6. The Kier molecular flexibility index (Phi) is 4.47. The molecule has 0 fully saturated rings. The molecule has 0 aliphatic rings. The average molecular weight is 285 g/mol. The standard InChI is InChI=1S/C14H11N3O2S/c1-19-13(18)11(7-15)8-16-14-17-9-12(20-14)10-5-3-2-4-6-10/h2-6,8-9H,1H3,(H,16,17). The first kappa shape index (κ1) is 13.8. The van der Waals surface area contributed by atoms with E-state index in [9.17, 15) is 4.79 Å². The molecule has 1 aromatic heterocycles. The van der Waals surface area contributed by atoms with Gasteiger partial charge >= 0.3 is 5.97 Å². The Morgan fingerprint density at radius 2 is 2.20 bits per heavy atom. The molecule has 0 spiro atoms. The lowest BCUT2D eigenvalue weighted by Gasteiger charge is -1.97. The highest BCUT2D eigenvalue weighted by atomic mass is 32.1. The maximum absolute atomic E-state index is 11.2. The number of benzene rings is 1. The van der Waals surface area contributed by atoms with Crippen LogP contribution in [0.15, 0.2) is 48.3 Å². The van der Waals surface area contributed by atoms with Gasteiger partial charge in [-0.05, 0) is 5.56 Å². The molecule has 5 nitrogen and oxygen atoms in total. The van der Waals surface area contributed by atoms with E-state index < -0.39 is 5.97 Å². The van der Waals surface area contributed by atoms with E-state index in [4.69, 9.17) is 5.26 Å². The van der Waals surface area contributed by atoms with Gasteiger partial charge in [-0.25, -0.2) is 9.78 Å². The highest BCUT2D eigenvalue weighted by Crippen LogP contribution is 2.28. The van der Waals surface area contributed by atoms with E-state index in [0.29, 0.717) is 5.13 Å². The number of esters is 1. The Labute approximate surface area is 120 Å². The smallest absolute Gasteiger partial charge is 0.350 e. The van der Waals surface area contributed by atoms with Gasteiger partial charge in [-0.2, -0.15) is 5.26 Å². The van der Waals surface area contributed by atoms with Crippen molar-refractivity contribution in [2.24, 2.45) is 0 Å². The summed E-state index contributed by atoms with van der Waals surface area (Å²) in [5.41, 5.74) is 0.958. The van der Waals surface area contributed by atoms with Crippen molar-refractivity contribution in [3.63, 3.8) is 0 Å². The van der Waals surface area contributed by atoms with E-state index in [1.807, 2.05) is 30.3 Å². The number of hydrogen-bond acceptors (Lipinski definition) is 6. The average Bonchev–Trinajstić information content (AvgIpc) is 2.97. The van der Waals surface area contributed by atoms with Gasteiger partial charge in [0.15, 0.2) is 10.7 Å². The number of methoxy groups -OCH3 is 1. The van der Waals surface area contributed by atoms with Gasteiger partial charge in [0, 0.05) is 12.4 Å². The molecule has 100 valence electrons. The maximum atomic E-state index is 11.2. The van der Waals surface area contributed by atoms with Crippen LogP contribution in [0.1, 0.15) is 0 Å². The van der Waals surface area contributed by atoms with Gasteiger partial charge in [0.1, 0.15) is 6.07 Å². The molecule has 0 radical (unpaired) electrons. The Balaban J connectivity index is 2.13. The minimum Gasteiger partial charge on any atom is -0.465 e. The number of carbonyl (C=O) groups is 1. The van der Waals surface area contributed by atoms with Crippen LogP contribution in [0.5, 0.6) is 0 Å². The van der Waals surface area contributed by atoms with Gasteiger partial charge in [0.2, 0.25) is 0 Å². The molecular weight excluding hydrogens is 274 g/mol. The molecule has 0 unspecified atom stereocenters. The van der Waals surface area contributed by atoms with Crippen LogP contribution < -0.4 is 5.32 Å². The van der Waals surface area contributed by atoms with Crippen molar-refractivity contribution in [1.29, 1.82) is 5.26 Å². The van der Waals surface area contributed by atoms with Gasteiger partial charge in [-0.3, -0.25) is 0 Å². The number of nitrogens with one attached hydrogen (secondary N) is 1. The zero-order chi connectivity index (χ0) is 14.4. The fraction of sp³-hybridized carbons (Fsp3) is 0.0714. The van der Waals surface area contributed by atoms with Crippen molar-refractivity contribution in [2.75, 3.05) is 12.4 Å². The Bertz CT molecular complexity index is 671. The molecule has 1 heterocycles. The lowest BCUT2D eigenvalue weighted by Crippen LogP contribution is -2.04. The number of rotatable bonds is 4. The molecule has 20 heavy (non-hydrogen) atoms. The van der Waals surface area contributed by atoms with Crippen LogP contribution in [0.25, 0.3) is 10.4 Å². The number of aromatic nitrogens is 1. The fourth-order valence-electron chi connectivity index (χ4n) is 1.46. The second-order valence-corrected chi connectivity index (χ2v) is 4.73. The molecule has 1 aromatic carbocycles. The number of ether oxygens (including phenoxy) is 1. The predicted molar refractivity (Wildman–Crippen MR) is 76.9 cm³/mol. The molecular formula is C14H11N3O2S. The van der Waals surface area contributed by atoms with E-state index in [1.54, 1.807) is 12.3 Å². The minimum atomic E-state index is -0.681. The second kappa shape index (κ2) is 6.50. The minimum absolute atomic E-state index is 0.107. The van der Waals surface area contributed by atoms with Crippen molar-refractivity contribution < 1.29 is 9.53 Å². The summed E-state index contributed by atoms with van der Waals surface area (Å²) < 4.78 is 4.48. The fourth-order valence-corrected chi connectivity index (χ4v) is 2.25. The summed E-state index contributed by atoms with van der Waals surface area (Å²) in [6.45, 7) is 0. The molecule has 1 N–H and O–H groups in total. The predicted octanol–water partition coefficient (Wildman–Crippen LogP) is 2.80. The highest BCUT2D eigenvalue weighted by molar-refractivity contribution is 7.18. The van der Waals surface area contributed by atoms with Crippen molar-refractivity contribution in [1.82, 2.24) is 4.98 Å². The molecule has 2 aromatic rings. The van der Waals surface area contributed by atoms with Crippen molar-refractivity contribution in [3.8, 4) is 16.5 Å². The Morgan fingerprint density at radius 3 is 2.85 bits per heavy atom. The lowest BCUT2D eigenvalue weighted by atomic mass is 10.2. The van der Waals surface area contributed by atoms with E-state index in [2.05, 4.69) is 15.0 Å². The second-order valence-electron chi connectivity index (χ2n) is 3.70. The third-order valence-corrected chi connectivity index (χ3v) is 3.41. The van der Waals surface area contributed by atoms with Crippen LogP contribution >= 0.6 is 11.3 Å². The third kappa shape index (κ3) is 3.22. The van der Waals surface area contributed by atoms with E-state index in [0.717, 1.165) is 10.4 Å². The summed E-state index contributed by atoms with van der Waals surface area (Å²) in [7, 11) is 1.23. The summed E-state index contributed by atoms with van der Waals surface area (Å²) in [5.74, 6) is -0.681. The molecule has 0 saturated heterocycles. The number of hydrogen-bond donors (Lipinski definition) is 1. The van der Waals surface area contributed by atoms with E-state index in [1.165, 1.54) is 24.6 Å². The molecule has 0 saturated carbocycles. The van der Waals surface area contributed by atoms with Crippen LogP contribution in [0.2, 0.25) is 0 Å². The quantitative estimate of drug-likeness (QED) is 0.531. The van der Waals surface area contributed by atoms with E-state index >= 15 is 0 Å². The van der Waals surface area contributed by atoms with Crippen molar-refractivity contribution in [3.05, 3.63) is 48.3 Å². The SMILES string of the molecule is COC(=O)C(C#N)=CNc1ncc(-c2ccccc2)s1. The first-order valence-electron chi connectivity index (χ1n) is 5.71. The largest absolute Gasteiger partial charge is 0.465 e. The van der Waals surface area contributed by atoms with Crippen molar-refractivity contribution in [2.45, 2.75) is 0 Å². The highest BCUT2D eigenvalue weighted by Gasteiger charge is 2.09. The zero-order valence-electron chi connectivity index (χ0n) is 10.7. The van der Waals surface area contributed by atoms with Crippen molar-refractivity contribution >= 4 is 22.4 Å². The third-order valence-electron chi connectivity index (χ3n) is 2.43. The zero-order valence-corrected chi connectivity index (χ0v) is 11.5. The number of carbonyl (C=O) groups excluding carboxylic acids is 1. The molecule has 2 rings (SSSR count). The van der Waals surface area contributed by atoms with Gasteiger partial charge in [0.25, 0.3) is 0 Å². The van der Waals surface area contributed by atoms with Crippen LogP contribution in [-0.4, -0.2) is 18.1 Å². The normalized spacial score (nSPS) is 10.7. The summed E-state index contributed by atoms with van der Waals surface area (Å²) in [5, 5.41) is 12.2.